The molecular formula is C18H23F3N2O. The first-order valence-corrected chi connectivity index (χ1v) is 8.67. The van der Waals surface area contributed by atoms with Crippen molar-refractivity contribution in [3.05, 3.63) is 34.9 Å². The average Bonchev–Trinajstić information content (AvgIpc) is 2.61. The first-order valence-electron chi connectivity index (χ1n) is 8.67. The predicted molar refractivity (Wildman–Crippen MR) is 86.0 cm³/mol. The van der Waals surface area contributed by atoms with E-state index in [1.54, 1.807) is 11.0 Å². The zero-order valence-corrected chi connectivity index (χ0v) is 13.7. The molecule has 24 heavy (non-hydrogen) atoms. The van der Waals surface area contributed by atoms with Gasteiger partial charge in [0, 0.05) is 18.7 Å². The van der Waals surface area contributed by atoms with Crippen LogP contribution in [0.4, 0.5) is 13.2 Å². The third kappa shape index (κ3) is 3.91. The van der Waals surface area contributed by atoms with Crippen LogP contribution in [0, 0.1) is 0 Å². The van der Waals surface area contributed by atoms with Crippen LogP contribution in [0.15, 0.2) is 18.2 Å². The molecule has 3 nitrogen and oxygen atoms in total. The molecule has 1 aromatic carbocycles. The number of carbonyl (C=O) groups is 1. The number of amides is 1. The molecule has 1 N–H and O–H groups in total. The molecule has 2 heterocycles. The second-order valence-corrected chi connectivity index (χ2v) is 6.72. The summed E-state index contributed by atoms with van der Waals surface area (Å²) in [6.45, 7) is 2.88. The van der Waals surface area contributed by atoms with Gasteiger partial charge in [-0.25, -0.2) is 0 Å². The monoisotopic (exact) mass is 340 g/mol. The van der Waals surface area contributed by atoms with E-state index >= 15 is 0 Å². The number of alkyl halides is 3. The number of halogens is 3. The number of benzene rings is 1. The normalized spacial score (nSPS) is 20.2. The van der Waals surface area contributed by atoms with Crippen LogP contribution in [0.3, 0.4) is 0 Å². The molecule has 0 aromatic heterocycles. The van der Waals surface area contributed by atoms with Gasteiger partial charge in [-0.3, -0.25) is 4.79 Å². The van der Waals surface area contributed by atoms with Crippen LogP contribution in [0.2, 0.25) is 0 Å². The molecular weight excluding hydrogens is 317 g/mol. The van der Waals surface area contributed by atoms with Crippen molar-refractivity contribution in [2.45, 2.75) is 44.2 Å². The second kappa shape index (κ2) is 7.13. The molecule has 0 radical (unpaired) electrons. The lowest BCUT2D eigenvalue weighted by atomic mass is 9.88. The van der Waals surface area contributed by atoms with Gasteiger partial charge < -0.3 is 10.2 Å². The number of carbonyl (C=O) groups excluding carboxylic acids is 1. The number of piperidine rings is 2. The minimum atomic E-state index is -4.43. The summed E-state index contributed by atoms with van der Waals surface area (Å²) < 4.78 is 39.9. The highest BCUT2D eigenvalue weighted by Gasteiger charge is 2.33. The van der Waals surface area contributed by atoms with Crippen molar-refractivity contribution in [3.63, 3.8) is 0 Å². The van der Waals surface area contributed by atoms with Crippen LogP contribution in [0.25, 0.3) is 0 Å². The largest absolute Gasteiger partial charge is 0.416 e. The summed E-state index contributed by atoms with van der Waals surface area (Å²) in [5.41, 5.74) is 0.117. The quantitative estimate of drug-likeness (QED) is 0.888. The van der Waals surface area contributed by atoms with Gasteiger partial charge in [-0.05, 0) is 74.9 Å². The van der Waals surface area contributed by atoms with Gasteiger partial charge in [-0.15, -0.1) is 0 Å². The van der Waals surface area contributed by atoms with E-state index < -0.39 is 11.7 Å². The van der Waals surface area contributed by atoms with Crippen LogP contribution in [-0.2, 0) is 6.18 Å². The van der Waals surface area contributed by atoms with Crippen LogP contribution in [0.1, 0.15) is 59.5 Å². The number of hydrogen-bond donors (Lipinski definition) is 1. The van der Waals surface area contributed by atoms with E-state index in [0.29, 0.717) is 18.7 Å². The fraction of sp³-hybridized carbons (Fsp3) is 0.611. The number of nitrogens with one attached hydrogen (secondary N) is 1. The Morgan fingerprint density at radius 1 is 1.04 bits per heavy atom. The number of likely N-dealkylation sites (tertiary alicyclic amines) is 1. The van der Waals surface area contributed by atoms with Gasteiger partial charge in [-0.1, -0.05) is 0 Å². The lowest BCUT2D eigenvalue weighted by molar-refractivity contribution is -0.137. The van der Waals surface area contributed by atoms with Crippen LogP contribution in [-0.4, -0.2) is 37.0 Å². The van der Waals surface area contributed by atoms with E-state index in [4.69, 9.17) is 0 Å². The SMILES string of the molecule is O=C(c1cc(C2CCNCC2)cc(C(F)(F)F)c1)N1CCCCC1. The van der Waals surface area contributed by atoms with Crippen molar-refractivity contribution in [1.29, 1.82) is 0 Å². The molecule has 0 atom stereocenters. The van der Waals surface area contributed by atoms with Crippen LogP contribution < -0.4 is 5.32 Å². The smallest absolute Gasteiger partial charge is 0.339 e. The third-order valence-corrected chi connectivity index (χ3v) is 4.98. The van der Waals surface area contributed by atoms with E-state index in [1.165, 1.54) is 6.07 Å². The molecule has 0 aliphatic carbocycles. The van der Waals surface area contributed by atoms with Crippen LogP contribution >= 0.6 is 0 Å². The van der Waals surface area contributed by atoms with Crippen molar-refractivity contribution >= 4 is 5.91 Å². The van der Waals surface area contributed by atoms with Crippen molar-refractivity contribution in [2.24, 2.45) is 0 Å². The highest BCUT2D eigenvalue weighted by molar-refractivity contribution is 5.94. The molecule has 6 heteroatoms. The second-order valence-electron chi connectivity index (χ2n) is 6.72. The van der Waals surface area contributed by atoms with Crippen LogP contribution in [0.5, 0.6) is 0 Å². The molecule has 2 fully saturated rings. The Labute approximate surface area is 140 Å². The zero-order valence-electron chi connectivity index (χ0n) is 13.7. The summed E-state index contributed by atoms with van der Waals surface area (Å²) in [4.78, 5) is 14.3. The highest BCUT2D eigenvalue weighted by atomic mass is 19.4. The first kappa shape index (κ1) is 17.3. The predicted octanol–water partition coefficient (Wildman–Crippen LogP) is 3.80. The van der Waals surface area contributed by atoms with Crippen molar-refractivity contribution in [3.8, 4) is 0 Å². The van der Waals surface area contributed by atoms with E-state index in [-0.39, 0.29) is 17.4 Å². The maximum atomic E-state index is 13.3. The van der Waals surface area contributed by atoms with Gasteiger partial charge in [0.25, 0.3) is 5.91 Å². The number of hydrogen-bond acceptors (Lipinski definition) is 2. The Kier molecular flexibility index (Phi) is 5.13. The lowest BCUT2D eigenvalue weighted by Crippen LogP contribution is -2.36. The maximum Gasteiger partial charge on any atom is 0.416 e. The Morgan fingerprint density at radius 2 is 1.71 bits per heavy atom. The van der Waals surface area contributed by atoms with Gasteiger partial charge in [0.05, 0.1) is 5.56 Å². The minimum Gasteiger partial charge on any atom is -0.339 e. The molecule has 0 saturated carbocycles. The van der Waals surface area contributed by atoms with E-state index in [0.717, 1.165) is 51.3 Å². The van der Waals surface area contributed by atoms with Gasteiger partial charge in [0.2, 0.25) is 0 Å². The van der Waals surface area contributed by atoms with Crippen molar-refractivity contribution in [1.82, 2.24) is 10.2 Å². The summed E-state index contributed by atoms with van der Waals surface area (Å²) in [6.07, 6.45) is 0.0988. The van der Waals surface area contributed by atoms with Crippen molar-refractivity contribution in [2.75, 3.05) is 26.2 Å². The summed E-state index contributed by atoms with van der Waals surface area (Å²) in [5.74, 6) is -0.183. The topological polar surface area (TPSA) is 32.3 Å². The summed E-state index contributed by atoms with van der Waals surface area (Å²) in [7, 11) is 0. The summed E-state index contributed by atoms with van der Waals surface area (Å²) >= 11 is 0. The number of rotatable bonds is 2. The zero-order chi connectivity index (χ0) is 17.2. The third-order valence-electron chi connectivity index (χ3n) is 4.98. The molecule has 3 rings (SSSR count). The minimum absolute atomic E-state index is 0.0847. The molecule has 2 saturated heterocycles. The fourth-order valence-electron chi connectivity index (χ4n) is 3.61. The van der Waals surface area contributed by atoms with Gasteiger partial charge in [0.15, 0.2) is 0 Å². The molecule has 1 aromatic rings. The van der Waals surface area contributed by atoms with Crippen molar-refractivity contribution < 1.29 is 18.0 Å². The Balaban J connectivity index is 1.93. The molecule has 0 spiro atoms. The first-order chi connectivity index (χ1) is 11.4. The molecule has 1 amide bonds. The van der Waals surface area contributed by atoms with E-state index in [9.17, 15) is 18.0 Å². The molecule has 2 aliphatic heterocycles. The Morgan fingerprint density at radius 3 is 2.33 bits per heavy atom. The molecule has 2 aliphatic rings. The summed E-state index contributed by atoms with van der Waals surface area (Å²) in [5, 5.41) is 3.22. The fourth-order valence-corrected chi connectivity index (χ4v) is 3.61. The van der Waals surface area contributed by atoms with Gasteiger partial charge in [0.1, 0.15) is 0 Å². The molecule has 0 unspecified atom stereocenters. The number of nitrogens with zero attached hydrogens (tertiary/aromatic N) is 1. The summed E-state index contributed by atoms with van der Waals surface area (Å²) in [6, 6.07) is 3.92. The van der Waals surface area contributed by atoms with E-state index in [1.807, 2.05) is 0 Å². The lowest BCUT2D eigenvalue weighted by Gasteiger charge is -2.28. The highest BCUT2D eigenvalue weighted by Crippen LogP contribution is 2.35. The van der Waals surface area contributed by atoms with E-state index in [2.05, 4.69) is 5.32 Å². The standard InChI is InChI=1S/C18H23F3N2O/c19-18(20,21)16-11-14(13-4-6-22-7-5-13)10-15(12-16)17(24)23-8-2-1-3-9-23/h10-13,22H,1-9H2. The Bertz CT molecular complexity index is 588. The van der Waals surface area contributed by atoms with Gasteiger partial charge in [-0.2, -0.15) is 13.2 Å². The average molecular weight is 340 g/mol. The Hall–Kier alpha value is -1.56. The molecule has 132 valence electrons. The van der Waals surface area contributed by atoms with Gasteiger partial charge >= 0.3 is 6.18 Å². The maximum absolute atomic E-state index is 13.3. The molecule has 0 bridgehead atoms.